The number of fused-ring (bicyclic) bond motifs is 1. The molecule has 0 aliphatic carbocycles. The van der Waals surface area contributed by atoms with Gasteiger partial charge in [-0.1, -0.05) is 52.9 Å². The lowest BCUT2D eigenvalue weighted by atomic mass is 10.1. The van der Waals surface area contributed by atoms with E-state index in [-0.39, 0.29) is 11.7 Å². The number of hydrogen-bond donors (Lipinski definition) is 0. The summed E-state index contributed by atoms with van der Waals surface area (Å²) < 4.78 is 6.28. The Labute approximate surface area is 161 Å². The molecule has 0 aliphatic heterocycles. The summed E-state index contributed by atoms with van der Waals surface area (Å²) in [7, 11) is 0. The average molecular weight is 377 g/mol. The van der Waals surface area contributed by atoms with Gasteiger partial charge in [-0.3, -0.25) is 9.69 Å². The van der Waals surface area contributed by atoms with Crippen LogP contribution in [0, 0.1) is 20.8 Å². The summed E-state index contributed by atoms with van der Waals surface area (Å²) in [5.41, 5.74) is 4.96. The molecular weight excluding hydrogens is 358 g/mol. The molecule has 5 nitrogen and oxygen atoms in total. The number of thiazole rings is 1. The Morgan fingerprint density at radius 3 is 2.59 bits per heavy atom. The van der Waals surface area contributed by atoms with Gasteiger partial charge in [0.1, 0.15) is 0 Å². The number of carbonyl (C=O) groups excluding carboxylic acids is 1. The molecule has 4 aromatic rings. The fourth-order valence-corrected chi connectivity index (χ4v) is 3.94. The van der Waals surface area contributed by atoms with Crippen molar-refractivity contribution >= 4 is 32.6 Å². The molecule has 0 unspecified atom stereocenters. The number of carbonyl (C=O) groups is 1. The zero-order valence-electron chi connectivity index (χ0n) is 15.4. The summed E-state index contributed by atoms with van der Waals surface area (Å²) in [6, 6.07) is 15.7. The van der Waals surface area contributed by atoms with Gasteiger partial charge in [-0.05, 0) is 43.5 Å². The van der Waals surface area contributed by atoms with E-state index in [0.717, 1.165) is 21.3 Å². The van der Waals surface area contributed by atoms with E-state index in [0.29, 0.717) is 17.4 Å². The molecule has 0 spiro atoms. The van der Waals surface area contributed by atoms with Crippen LogP contribution < -0.4 is 4.90 Å². The van der Waals surface area contributed by atoms with E-state index in [1.807, 2.05) is 30.3 Å². The number of nitrogens with zero attached hydrogens (tertiary/aromatic N) is 3. The van der Waals surface area contributed by atoms with Crippen LogP contribution in [-0.4, -0.2) is 16.0 Å². The number of benzene rings is 2. The number of amides is 1. The maximum Gasteiger partial charge on any atom is 0.298 e. The normalized spacial score (nSPS) is 11.1. The average Bonchev–Trinajstić information content (AvgIpc) is 3.30. The first kappa shape index (κ1) is 17.4. The molecule has 2 heterocycles. The predicted octanol–water partition coefficient (Wildman–Crippen LogP) is 5.06. The molecule has 2 aromatic carbocycles. The van der Waals surface area contributed by atoms with Gasteiger partial charge in [0.05, 0.1) is 22.5 Å². The molecule has 6 heteroatoms. The maximum atomic E-state index is 13.2. The summed E-state index contributed by atoms with van der Waals surface area (Å²) in [4.78, 5) is 19.6. The highest BCUT2D eigenvalue weighted by Gasteiger charge is 2.25. The van der Waals surface area contributed by atoms with E-state index in [4.69, 9.17) is 9.51 Å². The molecule has 1 amide bonds. The largest absolute Gasteiger partial charge is 0.351 e. The molecule has 0 saturated heterocycles. The zero-order chi connectivity index (χ0) is 19.0. The first-order chi connectivity index (χ1) is 13.0. The molecule has 0 N–H and O–H groups in total. The van der Waals surface area contributed by atoms with E-state index in [1.165, 1.54) is 16.9 Å². The van der Waals surface area contributed by atoms with Crippen LogP contribution in [0.3, 0.4) is 0 Å². The maximum absolute atomic E-state index is 13.2. The topological polar surface area (TPSA) is 59.2 Å². The van der Waals surface area contributed by atoms with Crippen molar-refractivity contribution in [3.63, 3.8) is 0 Å². The Kier molecular flexibility index (Phi) is 4.49. The highest BCUT2D eigenvalue weighted by atomic mass is 32.1. The monoisotopic (exact) mass is 377 g/mol. The van der Waals surface area contributed by atoms with Crippen molar-refractivity contribution in [1.29, 1.82) is 0 Å². The Morgan fingerprint density at radius 2 is 1.89 bits per heavy atom. The van der Waals surface area contributed by atoms with Crippen molar-refractivity contribution in [3.05, 3.63) is 76.7 Å². The summed E-state index contributed by atoms with van der Waals surface area (Å²) in [6.45, 7) is 6.34. The lowest BCUT2D eigenvalue weighted by molar-refractivity contribution is 0.0949. The number of aromatic nitrogens is 2. The first-order valence-corrected chi connectivity index (χ1v) is 9.50. The minimum Gasteiger partial charge on any atom is -0.351 e. The first-order valence-electron chi connectivity index (χ1n) is 8.69. The lowest BCUT2D eigenvalue weighted by Gasteiger charge is -2.18. The van der Waals surface area contributed by atoms with Crippen LogP contribution in [0.25, 0.3) is 10.2 Å². The molecule has 0 saturated carbocycles. The fraction of sp³-hybridized carbons (Fsp3) is 0.190. The highest BCUT2D eigenvalue weighted by Crippen LogP contribution is 2.33. The molecular formula is C21H19N3O2S. The number of anilines is 1. The summed E-state index contributed by atoms with van der Waals surface area (Å²) in [5, 5.41) is 4.50. The third-order valence-electron chi connectivity index (χ3n) is 4.57. The highest BCUT2D eigenvalue weighted by molar-refractivity contribution is 7.22. The van der Waals surface area contributed by atoms with Crippen LogP contribution in [0.1, 0.15) is 32.9 Å². The van der Waals surface area contributed by atoms with Gasteiger partial charge in [0.15, 0.2) is 5.13 Å². The standard InChI is InChI=1S/C21H19N3O2S/c1-13-9-10-18-19(15(13)3)22-21(27-18)24(12-16-7-5-4-6-8-16)20(25)17-11-14(2)23-26-17/h4-11H,12H2,1-3H3. The zero-order valence-corrected chi connectivity index (χ0v) is 16.2. The van der Waals surface area contributed by atoms with Crippen molar-refractivity contribution in [2.24, 2.45) is 0 Å². The van der Waals surface area contributed by atoms with Crippen molar-refractivity contribution in [3.8, 4) is 0 Å². The van der Waals surface area contributed by atoms with Crippen LogP contribution >= 0.6 is 11.3 Å². The number of aryl methyl sites for hydroxylation is 3. The van der Waals surface area contributed by atoms with E-state index >= 15 is 0 Å². The second-order valence-electron chi connectivity index (χ2n) is 6.56. The van der Waals surface area contributed by atoms with Crippen molar-refractivity contribution < 1.29 is 9.32 Å². The molecule has 0 fully saturated rings. The molecule has 0 aliphatic rings. The van der Waals surface area contributed by atoms with Gasteiger partial charge in [-0.25, -0.2) is 4.98 Å². The second-order valence-corrected chi connectivity index (χ2v) is 7.57. The predicted molar refractivity (Wildman–Crippen MR) is 107 cm³/mol. The van der Waals surface area contributed by atoms with Crippen LogP contribution in [0.5, 0.6) is 0 Å². The minimum atomic E-state index is -0.243. The van der Waals surface area contributed by atoms with Gasteiger partial charge in [-0.15, -0.1) is 0 Å². The van der Waals surface area contributed by atoms with Crippen LogP contribution in [-0.2, 0) is 6.54 Å². The van der Waals surface area contributed by atoms with E-state index in [1.54, 1.807) is 17.9 Å². The Morgan fingerprint density at radius 1 is 1.11 bits per heavy atom. The van der Waals surface area contributed by atoms with Crippen molar-refractivity contribution in [1.82, 2.24) is 10.1 Å². The quantitative estimate of drug-likeness (QED) is 0.499. The molecule has 0 radical (unpaired) electrons. The molecule has 4 rings (SSSR count). The van der Waals surface area contributed by atoms with E-state index in [2.05, 4.69) is 31.1 Å². The second kappa shape index (κ2) is 6.96. The third kappa shape index (κ3) is 3.36. The van der Waals surface area contributed by atoms with E-state index < -0.39 is 0 Å². The van der Waals surface area contributed by atoms with Gasteiger partial charge < -0.3 is 4.52 Å². The van der Waals surface area contributed by atoms with Gasteiger partial charge in [0.25, 0.3) is 5.91 Å². The van der Waals surface area contributed by atoms with Gasteiger partial charge in [-0.2, -0.15) is 0 Å². The number of rotatable bonds is 4. The van der Waals surface area contributed by atoms with Crippen LogP contribution in [0.2, 0.25) is 0 Å². The third-order valence-corrected chi connectivity index (χ3v) is 5.62. The van der Waals surface area contributed by atoms with E-state index in [9.17, 15) is 4.79 Å². The van der Waals surface area contributed by atoms with Gasteiger partial charge in [0, 0.05) is 6.07 Å². The molecule has 27 heavy (non-hydrogen) atoms. The van der Waals surface area contributed by atoms with Crippen molar-refractivity contribution in [2.45, 2.75) is 27.3 Å². The Balaban J connectivity index is 1.79. The molecule has 0 atom stereocenters. The van der Waals surface area contributed by atoms with Gasteiger partial charge in [0.2, 0.25) is 5.76 Å². The Hall–Kier alpha value is -2.99. The summed E-state index contributed by atoms with van der Waals surface area (Å²) in [6.07, 6.45) is 0. The summed E-state index contributed by atoms with van der Waals surface area (Å²) >= 11 is 1.51. The van der Waals surface area contributed by atoms with Crippen LogP contribution in [0.4, 0.5) is 5.13 Å². The van der Waals surface area contributed by atoms with Gasteiger partial charge >= 0.3 is 0 Å². The Bertz CT molecular complexity index is 1120. The number of hydrogen-bond acceptors (Lipinski definition) is 5. The van der Waals surface area contributed by atoms with Crippen LogP contribution in [0.15, 0.2) is 53.1 Å². The lowest BCUT2D eigenvalue weighted by Crippen LogP contribution is -2.30. The van der Waals surface area contributed by atoms with Crippen molar-refractivity contribution in [2.75, 3.05) is 4.90 Å². The smallest absolute Gasteiger partial charge is 0.298 e. The summed E-state index contributed by atoms with van der Waals surface area (Å²) in [5.74, 6) is -0.0246. The molecule has 0 bridgehead atoms. The molecule has 136 valence electrons. The fourth-order valence-electron chi connectivity index (χ4n) is 2.92. The SMILES string of the molecule is Cc1cc(C(=O)N(Cc2ccccc2)c2nc3c(C)c(C)ccc3s2)on1. The minimum absolute atomic E-state index is 0.218. The molecule has 2 aromatic heterocycles.